The van der Waals surface area contributed by atoms with Crippen molar-refractivity contribution in [2.75, 3.05) is 23.7 Å². The molecule has 0 radical (unpaired) electrons. The van der Waals surface area contributed by atoms with Crippen LogP contribution in [0.4, 0.5) is 16.3 Å². The number of aryl methyl sites for hydroxylation is 2. The maximum atomic E-state index is 13.1. The highest BCUT2D eigenvalue weighted by Crippen LogP contribution is 2.27. The Morgan fingerprint density at radius 1 is 0.976 bits per heavy atom. The first-order valence-corrected chi connectivity index (χ1v) is 14.8. The van der Waals surface area contributed by atoms with Crippen LogP contribution in [0.3, 0.4) is 0 Å². The van der Waals surface area contributed by atoms with Gasteiger partial charge in [0.05, 0.1) is 17.6 Å². The zero-order chi connectivity index (χ0) is 29.7. The molecule has 0 spiro atoms. The molecule has 2 aromatic heterocycles. The molecule has 5 rings (SSSR count). The molecule has 3 amide bonds. The predicted octanol–water partition coefficient (Wildman–Crippen LogP) is 7.13. The second-order valence-corrected chi connectivity index (χ2v) is 12.3. The Balaban J connectivity index is 1.16. The number of urea groups is 1. The Morgan fingerprint density at radius 2 is 1.74 bits per heavy atom. The van der Waals surface area contributed by atoms with E-state index >= 15 is 0 Å². The largest absolute Gasteiger partial charge is 0.469 e. The van der Waals surface area contributed by atoms with Gasteiger partial charge in [-0.2, -0.15) is 5.10 Å². The fourth-order valence-corrected chi connectivity index (χ4v) is 5.34. The molecule has 1 aliphatic heterocycles. The molecule has 0 aliphatic carbocycles. The van der Waals surface area contributed by atoms with E-state index in [0.717, 1.165) is 60.7 Å². The quantitative estimate of drug-likeness (QED) is 0.237. The Bertz CT molecular complexity index is 1490. The molecule has 42 heavy (non-hydrogen) atoms. The Kier molecular flexibility index (Phi) is 8.80. The summed E-state index contributed by atoms with van der Waals surface area (Å²) < 4.78 is 7.14. The molecule has 3 heterocycles. The zero-order valence-electron chi connectivity index (χ0n) is 25.0. The van der Waals surface area contributed by atoms with Crippen molar-refractivity contribution >= 4 is 23.4 Å². The Labute approximate surface area is 248 Å². The highest BCUT2D eigenvalue weighted by molar-refractivity contribution is 5.99. The number of anilines is 2. The second-order valence-electron chi connectivity index (χ2n) is 12.3. The standard InChI is InChI=1S/C34H41N5O3/c1-24-10-12-28(13-11-24)39-31(23-30(37-39)34(2,3)4)36-33(41)35-27-8-5-7-26(22-27)21-25-16-18-38(19-17-25)32(40)15-14-29-9-6-20-42-29/h5-13,20,22-23,25H,14-19,21H2,1-4H3,(H2,35,36,41). The molecule has 8 nitrogen and oxygen atoms in total. The summed E-state index contributed by atoms with van der Waals surface area (Å²) in [6.45, 7) is 9.93. The molecule has 4 aromatic rings. The third kappa shape index (κ3) is 7.49. The van der Waals surface area contributed by atoms with Gasteiger partial charge >= 0.3 is 6.03 Å². The van der Waals surface area contributed by atoms with Crippen molar-refractivity contribution in [1.29, 1.82) is 0 Å². The summed E-state index contributed by atoms with van der Waals surface area (Å²) in [4.78, 5) is 27.7. The first-order chi connectivity index (χ1) is 20.1. The van der Waals surface area contributed by atoms with Gasteiger partial charge in [-0.1, -0.05) is 50.6 Å². The van der Waals surface area contributed by atoms with Gasteiger partial charge in [0.25, 0.3) is 0 Å². The third-order valence-corrected chi connectivity index (χ3v) is 7.84. The molecule has 1 fully saturated rings. The lowest BCUT2D eigenvalue weighted by Gasteiger charge is -2.32. The number of benzene rings is 2. The topological polar surface area (TPSA) is 92.4 Å². The predicted molar refractivity (Wildman–Crippen MR) is 166 cm³/mol. The van der Waals surface area contributed by atoms with Crippen LogP contribution in [0.1, 0.15) is 62.6 Å². The van der Waals surface area contributed by atoms with E-state index in [1.807, 2.05) is 72.5 Å². The lowest BCUT2D eigenvalue weighted by Crippen LogP contribution is -2.39. The summed E-state index contributed by atoms with van der Waals surface area (Å²) in [7, 11) is 0. The van der Waals surface area contributed by atoms with E-state index in [-0.39, 0.29) is 17.4 Å². The highest BCUT2D eigenvalue weighted by atomic mass is 16.3. The normalized spacial score (nSPS) is 14.1. The summed E-state index contributed by atoms with van der Waals surface area (Å²) in [6.07, 6.45) is 5.64. The number of hydrogen-bond acceptors (Lipinski definition) is 4. The molecule has 2 N–H and O–H groups in total. The van der Waals surface area contributed by atoms with E-state index < -0.39 is 0 Å². The van der Waals surface area contributed by atoms with Crippen LogP contribution < -0.4 is 10.6 Å². The van der Waals surface area contributed by atoms with Crippen LogP contribution in [-0.4, -0.2) is 39.7 Å². The molecular weight excluding hydrogens is 526 g/mol. The van der Waals surface area contributed by atoms with Crippen LogP contribution in [0.5, 0.6) is 0 Å². The van der Waals surface area contributed by atoms with Crippen LogP contribution in [0.15, 0.2) is 77.4 Å². The van der Waals surface area contributed by atoms with Gasteiger partial charge in [0.1, 0.15) is 11.6 Å². The van der Waals surface area contributed by atoms with Gasteiger partial charge < -0.3 is 14.6 Å². The number of aromatic nitrogens is 2. The number of amides is 3. The summed E-state index contributed by atoms with van der Waals surface area (Å²) in [5, 5.41) is 10.8. The molecule has 1 aliphatic rings. The van der Waals surface area contributed by atoms with Crippen molar-refractivity contribution in [2.45, 2.75) is 65.2 Å². The summed E-state index contributed by atoms with van der Waals surface area (Å²) in [6, 6.07) is 21.5. The number of likely N-dealkylation sites (tertiary alicyclic amines) is 1. The molecule has 2 aromatic carbocycles. The molecular formula is C34H41N5O3. The average molecular weight is 568 g/mol. The van der Waals surface area contributed by atoms with Crippen molar-refractivity contribution in [3.8, 4) is 5.69 Å². The minimum Gasteiger partial charge on any atom is -0.469 e. The molecule has 220 valence electrons. The fraction of sp³-hybridized carbons (Fsp3) is 0.382. The Morgan fingerprint density at radius 3 is 2.43 bits per heavy atom. The van der Waals surface area contributed by atoms with E-state index in [1.54, 1.807) is 10.9 Å². The van der Waals surface area contributed by atoms with Gasteiger partial charge in [-0.25, -0.2) is 9.48 Å². The molecule has 0 saturated carbocycles. The Hall–Kier alpha value is -4.33. The molecule has 1 saturated heterocycles. The lowest BCUT2D eigenvalue weighted by molar-refractivity contribution is -0.132. The second kappa shape index (κ2) is 12.7. The van der Waals surface area contributed by atoms with Crippen LogP contribution in [0.25, 0.3) is 5.69 Å². The van der Waals surface area contributed by atoms with E-state index in [9.17, 15) is 9.59 Å². The average Bonchev–Trinajstić information content (AvgIpc) is 3.63. The fourth-order valence-electron chi connectivity index (χ4n) is 5.34. The molecule has 0 atom stereocenters. The highest BCUT2D eigenvalue weighted by Gasteiger charge is 2.24. The van der Waals surface area contributed by atoms with Crippen LogP contribution in [0, 0.1) is 12.8 Å². The number of furan rings is 1. The van der Waals surface area contributed by atoms with Gasteiger partial charge in [0, 0.05) is 43.1 Å². The van der Waals surface area contributed by atoms with Crippen molar-refractivity contribution in [3.05, 3.63) is 95.6 Å². The van der Waals surface area contributed by atoms with Crippen LogP contribution in [0.2, 0.25) is 0 Å². The number of carbonyl (C=O) groups is 2. The number of carbonyl (C=O) groups excluding carboxylic acids is 2. The smallest absolute Gasteiger partial charge is 0.324 e. The van der Waals surface area contributed by atoms with Crippen molar-refractivity contribution in [3.63, 3.8) is 0 Å². The summed E-state index contributed by atoms with van der Waals surface area (Å²) in [5.74, 6) is 2.16. The minimum absolute atomic E-state index is 0.166. The van der Waals surface area contributed by atoms with Gasteiger partial charge in [-0.15, -0.1) is 0 Å². The third-order valence-electron chi connectivity index (χ3n) is 7.84. The first kappa shape index (κ1) is 29.2. The number of rotatable bonds is 8. The van der Waals surface area contributed by atoms with Crippen molar-refractivity contribution < 1.29 is 14.0 Å². The van der Waals surface area contributed by atoms with Crippen LogP contribution >= 0.6 is 0 Å². The maximum Gasteiger partial charge on any atom is 0.324 e. The SMILES string of the molecule is Cc1ccc(-n2nc(C(C)(C)C)cc2NC(=O)Nc2cccc(CC3CCN(C(=O)CCc4ccco4)CC3)c2)cc1. The van der Waals surface area contributed by atoms with Crippen molar-refractivity contribution in [2.24, 2.45) is 5.92 Å². The summed E-state index contributed by atoms with van der Waals surface area (Å²) >= 11 is 0. The number of nitrogens with one attached hydrogen (secondary N) is 2. The summed E-state index contributed by atoms with van der Waals surface area (Å²) in [5.41, 5.74) is 4.70. The number of nitrogens with zero attached hydrogens (tertiary/aromatic N) is 3. The molecule has 8 heteroatoms. The van der Waals surface area contributed by atoms with Gasteiger partial charge in [0.15, 0.2) is 0 Å². The van der Waals surface area contributed by atoms with E-state index in [1.165, 1.54) is 5.56 Å². The number of hydrogen-bond donors (Lipinski definition) is 2. The zero-order valence-corrected chi connectivity index (χ0v) is 25.0. The minimum atomic E-state index is -0.317. The number of piperidine rings is 1. The van der Waals surface area contributed by atoms with E-state index in [2.05, 4.69) is 37.5 Å². The molecule has 0 bridgehead atoms. The van der Waals surface area contributed by atoms with Gasteiger partial charge in [0.2, 0.25) is 5.91 Å². The van der Waals surface area contributed by atoms with E-state index in [0.29, 0.717) is 24.6 Å². The van der Waals surface area contributed by atoms with E-state index in [4.69, 9.17) is 9.52 Å². The lowest BCUT2D eigenvalue weighted by atomic mass is 9.90. The van der Waals surface area contributed by atoms with Gasteiger partial charge in [-0.3, -0.25) is 10.1 Å². The monoisotopic (exact) mass is 567 g/mol. The molecule has 0 unspecified atom stereocenters. The van der Waals surface area contributed by atoms with Crippen LogP contribution in [-0.2, 0) is 23.1 Å². The first-order valence-electron chi connectivity index (χ1n) is 14.8. The maximum absolute atomic E-state index is 13.1. The van der Waals surface area contributed by atoms with Crippen molar-refractivity contribution in [1.82, 2.24) is 14.7 Å². The van der Waals surface area contributed by atoms with Gasteiger partial charge in [-0.05, 0) is 74.1 Å².